The topological polar surface area (TPSA) is 54.2 Å². The number of piperidine rings is 1. The van der Waals surface area contributed by atoms with Crippen molar-refractivity contribution in [1.82, 2.24) is 19.7 Å². The second kappa shape index (κ2) is 7.23. The Labute approximate surface area is 141 Å². The van der Waals surface area contributed by atoms with Gasteiger partial charge >= 0.3 is 0 Å². The third kappa shape index (κ3) is 4.27. The maximum absolute atomic E-state index is 12.9. The van der Waals surface area contributed by atoms with Gasteiger partial charge in [-0.15, -0.1) is 10.2 Å². The number of likely N-dealkylation sites (tertiary alicyclic amines) is 1. The Kier molecular flexibility index (Phi) is 5.06. The van der Waals surface area contributed by atoms with E-state index in [0.717, 1.165) is 37.3 Å². The van der Waals surface area contributed by atoms with Crippen molar-refractivity contribution in [3.8, 4) is 0 Å². The van der Waals surface area contributed by atoms with E-state index in [-0.39, 0.29) is 5.82 Å². The zero-order valence-electron chi connectivity index (χ0n) is 13.9. The van der Waals surface area contributed by atoms with Gasteiger partial charge in [-0.3, -0.25) is 4.90 Å². The summed E-state index contributed by atoms with van der Waals surface area (Å²) in [5, 5.41) is 18.9. The van der Waals surface area contributed by atoms with E-state index in [9.17, 15) is 9.50 Å². The van der Waals surface area contributed by atoms with E-state index in [1.165, 1.54) is 12.1 Å². The Hall–Kier alpha value is -2.05. The fourth-order valence-electron chi connectivity index (χ4n) is 3.18. The standard InChI is InChI=1S/C18H23FN4O/c1-22-14-20-21-17(22)12-18(24)9-3-11-23(13-18)10-2-4-15-5-7-16(19)8-6-15/h2,4-8,14,24H,3,9-13H2,1H3/b4-2+. The lowest BCUT2D eigenvalue weighted by molar-refractivity contribution is -0.0285. The van der Waals surface area contributed by atoms with E-state index in [0.29, 0.717) is 13.0 Å². The highest BCUT2D eigenvalue weighted by molar-refractivity contribution is 5.48. The fraction of sp³-hybridized carbons (Fsp3) is 0.444. The number of hydrogen-bond acceptors (Lipinski definition) is 4. The van der Waals surface area contributed by atoms with Gasteiger partial charge < -0.3 is 9.67 Å². The van der Waals surface area contributed by atoms with E-state index < -0.39 is 5.60 Å². The molecule has 1 aromatic heterocycles. The molecule has 0 saturated carbocycles. The highest BCUT2D eigenvalue weighted by Gasteiger charge is 2.34. The first-order chi connectivity index (χ1) is 11.5. The number of halogens is 1. The first-order valence-corrected chi connectivity index (χ1v) is 8.24. The van der Waals surface area contributed by atoms with Gasteiger partial charge in [-0.25, -0.2) is 4.39 Å². The summed E-state index contributed by atoms with van der Waals surface area (Å²) in [7, 11) is 1.89. The Morgan fingerprint density at radius 1 is 1.33 bits per heavy atom. The van der Waals surface area contributed by atoms with E-state index in [1.54, 1.807) is 18.5 Å². The van der Waals surface area contributed by atoms with Crippen LogP contribution in [0.3, 0.4) is 0 Å². The first kappa shape index (κ1) is 16.8. The summed E-state index contributed by atoms with van der Waals surface area (Å²) in [6.07, 6.45) is 7.94. The van der Waals surface area contributed by atoms with Crippen molar-refractivity contribution in [1.29, 1.82) is 0 Å². The SMILES string of the molecule is Cn1cnnc1CC1(O)CCCN(C/C=C/c2ccc(F)cc2)C1. The molecule has 1 fully saturated rings. The minimum atomic E-state index is -0.761. The number of benzene rings is 1. The molecule has 1 aliphatic rings. The zero-order valence-corrected chi connectivity index (χ0v) is 13.9. The van der Waals surface area contributed by atoms with Crippen LogP contribution in [0.5, 0.6) is 0 Å². The predicted molar refractivity (Wildman–Crippen MR) is 90.8 cm³/mol. The van der Waals surface area contributed by atoms with Crippen molar-refractivity contribution >= 4 is 6.08 Å². The molecule has 0 aliphatic carbocycles. The van der Waals surface area contributed by atoms with Gasteiger partial charge in [0.05, 0.1) is 5.60 Å². The van der Waals surface area contributed by atoms with Gasteiger partial charge in [0.1, 0.15) is 18.0 Å². The van der Waals surface area contributed by atoms with Gasteiger partial charge in [-0.1, -0.05) is 24.3 Å². The number of aryl methyl sites for hydroxylation is 1. The summed E-state index contributed by atoms with van der Waals surface area (Å²) in [6.45, 7) is 2.35. The smallest absolute Gasteiger partial charge is 0.135 e. The van der Waals surface area contributed by atoms with Crippen LogP contribution in [-0.4, -0.2) is 50.0 Å². The molecule has 2 aromatic rings. The zero-order chi connectivity index (χ0) is 17.0. The highest BCUT2D eigenvalue weighted by atomic mass is 19.1. The van der Waals surface area contributed by atoms with E-state index in [4.69, 9.17) is 0 Å². The van der Waals surface area contributed by atoms with Gasteiger partial charge in [0, 0.05) is 26.6 Å². The molecule has 0 amide bonds. The number of β-amino-alcohol motifs (C(OH)–C–C–N with tert-alkyl or cyclic N) is 1. The summed E-state index contributed by atoms with van der Waals surface area (Å²) in [6, 6.07) is 6.43. The number of nitrogens with zero attached hydrogens (tertiary/aromatic N) is 4. The molecule has 1 aliphatic heterocycles. The lowest BCUT2D eigenvalue weighted by Gasteiger charge is -2.38. The number of aromatic nitrogens is 3. The largest absolute Gasteiger partial charge is 0.388 e. The van der Waals surface area contributed by atoms with Gasteiger partial charge in [-0.2, -0.15) is 0 Å². The predicted octanol–water partition coefficient (Wildman–Crippen LogP) is 2.04. The average Bonchev–Trinajstić information content (AvgIpc) is 2.94. The molecule has 1 aromatic carbocycles. The molecule has 3 rings (SSSR count). The summed E-state index contributed by atoms with van der Waals surface area (Å²) >= 11 is 0. The second-order valence-electron chi connectivity index (χ2n) is 6.55. The molecule has 0 radical (unpaired) electrons. The van der Waals surface area contributed by atoms with Crippen molar-refractivity contribution < 1.29 is 9.50 Å². The molecule has 1 unspecified atom stereocenters. The number of rotatable bonds is 5. The molecule has 1 saturated heterocycles. The molecule has 128 valence electrons. The Bertz CT molecular complexity index is 697. The minimum Gasteiger partial charge on any atom is -0.388 e. The van der Waals surface area contributed by atoms with Crippen LogP contribution in [0.4, 0.5) is 4.39 Å². The maximum atomic E-state index is 12.9. The van der Waals surface area contributed by atoms with Gasteiger partial charge in [-0.05, 0) is 37.1 Å². The molecular weight excluding hydrogens is 307 g/mol. The molecule has 24 heavy (non-hydrogen) atoms. The third-order valence-corrected chi connectivity index (χ3v) is 4.47. The van der Waals surface area contributed by atoms with Crippen molar-refractivity contribution in [2.75, 3.05) is 19.6 Å². The lowest BCUT2D eigenvalue weighted by atomic mass is 9.89. The highest BCUT2D eigenvalue weighted by Crippen LogP contribution is 2.24. The van der Waals surface area contributed by atoms with Gasteiger partial charge in [0.15, 0.2) is 0 Å². The molecule has 0 spiro atoms. The van der Waals surface area contributed by atoms with Crippen LogP contribution in [-0.2, 0) is 13.5 Å². The van der Waals surface area contributed by atoms with Gasteiger partial charge in [0.25, 0.3) is 0 Å². The van der Waals surface area contributed by atoms with Crippen LogP contribution in [0.1, 0.15) is 24.2 Å². The molecule has 0 bridgehead atoms. The maximum Gasteiger partial charge on any atom is 0.135 e. The number of hydrogen-bond donors (Lipinski definition) is 1. The molecule has 6 heteroatoms. The first-order valence-electron chi connectivity index (χ1n) is 8.24. The van der Waals surface area contributed by atoms with Crippen molar-refractivity contribution in [2.45, 2.75) is 24.9 Å². The van der Waals surface area contributed by atoms with Crippen molar-refractivity contribution in [2.24, 2.45) is 7.05 Å². The lowest BCUT2D eigenvalue weighted by Crippen LogP contribution is -2.49. The fourth-order valence-corrected chi connectivity index (χ4v) is 3.18. The van der Waals surface area contributed by atoms with Gasteiger partial charge in [0.2, 0.25) is 0 Å². The van der Waals surface area contributed by atoms with Crippen LogP contribution in [0.25, 0.3) is 6.08 Å². The van der Waals surface area contributed by atoms with Crippen molar-refractivity contribution in [3.63, 3.8) is 0 Å². The van der Waals surface area contributed by atoms with E-state index in [1.807, 2.05) is 17.7 Å². The summed E-state index contributed by atoms with van der Waals surface area (Å²) in [4.78, 5) is 2.24. The van der Waals surface area contributed by atoms with Crippen LogP contribution in [0.2, 0.25) is 0 Å². The van der Waals surface area contributed by atoms with Crippen molar-refractivity contribution in [3.05, 3.63) is 53.9 Å². The molecular formula is C18H23FN4O. The third-order valence-electron chi connectivity index (χ3n) is 4.47. The summed E-state index contributed by atoms with van der Waals surface area (Å²) < 4.78 is 14.8. The summed E-state index contributed by atoms with van der Waals surface area (Å²) in [5.41, 5.74) is 0.214. The number of aliphatic hydroxyl groups is 1. The van der Waals surface area contributed by atoms with Crippen LogP contribution in [0, 0.1) is 5.82 Å². The average molecular weight is 330 g/mol. The summed E-state index contributed by atoms with van der Waals surface area (Å²) in [5.74, 6) is 0.582. The molecule has 5 nitrogen and oxygen atoms in total. The molecule has 1 N–H and O–H groups in total. The minimum absolute atomic E-state index is 0.225. The Balaban J connectivity index is 1.57. The molecule has 2 heterocycles. The normalized spacial score (nSPS) is 22.3. The monoisotopic (exact) mass is 330 g/mol. The Morgan fingerprint density at radius 3 is 2.83 bits per heavy atom. The van der Waals surface area contributed by atoms with E-state index in [2.05, 4.69) is 21.2 Å². The van der Waals surface area contributed by atoms with E-state index >= 15 is 0 Å². The molecule has 1 atom stereocenters. The van der Waals surface area contributed by atoms with Crippen LogP contribution in [0.15, 0.2) is 36.7 Å². The second-order valence-corrected chi connectivity index (χ2v) is 6.55. The quantitative estimate of drug-likeness (QED) is 0.911. The van der Waals surface area contributed by atoms with Crippen LogP contribution < -0.4 is 0 Å². The Morgan fingerprint density at radius 2 is 2.12 bits per heavy atom. The van der Waals surface area contributed by atoms with Crippen LogP contribution >= 0.6 is 0 Å².